The molecule has 2 aliphatic carbocycles. The van der Waals surface area contributed by atoms with E-state index in [-0.39, 0.29) is 0 Å². The maximum atomic E-state index is 2.56. The number of allylic oxidation sites excluding steroid dienone is 1. The number of hydrogen-bond acceptors (Lipinski definition) is 0. The average molecular weight is 270 g/mol. The van der Waals surface area contributed by atoms with Gasteiger partial charge < -0.3 is 0 Å². The molecule has 0 saturated heterocycles. The highest BCUT2D eigenvalue weighted by molar-refractivity contribution is 6.83. The standard InChI is InChI=1S/C18H26Si/c1-19(2,3)16-12-15-10-7-11-17(18(15)13-16)14-8-5-4-6-9-14/h7,10-11,13-14H,4-6,8-9,12H2,1-3H3. The molecule has 0 nitrogen and oxygen atoms in total. The third-order valence-electron chi connectivity index (χ3n) is 4.94. The van der Waals surface area contributed by atoms with Gasteiger partial charge in [-0.2, -0.15) is 0 Å². The quantitative estimate of drug-likeness (QED) is 0.618. The zero-order valence-corrected chi connectivity index (χ0v) is 13.6. The second kappa shape index (κ2) is 4.94. The first-order valence-electron chi connectivity index (χ1n) is 7.88. The first kappa shape index (κ1) is 13.2. The lowest BCUT2D eigenvalue weighted by atomic mass is 9.81. The van der Waals surface area contributed by atoms with Crippen LogP contribution in [0.5, 0.6) is 0 Å². The maximum absolute atomic E-state index is 2.56. The second-order valence-corrected chi connectivity index (χ2v) is 12.5. The van der Waals surface area contributed by atoms with E-state index in [0.29, 0.717) is 0 Å². The van der Waals surface area contributed by atoms with Crippen LogP contribution in [0.2, 0.25) is 19.6 Å². The zero-order valence-electron chi connectivity index (χ0n) is 12.6. The summed E-state index contributed by atoms with van der Waals surface area (Å²) in [6, 6.07) is 7.05. The summed E-state index contributed by atoms with van der Waals surface area (Å²) in [5, 5.41) is 1.74. The van der Waals surface area contributed by atoms with Gasteiger partial charge in [-0.25, -0.2) is 0 Å². The van der Waals surface area contributed by atoms with Crippen molar-refractivity contribution in [1.82, 2.24) is 0 Å². The van der Waals surface area contributed by atoms with Gasteiger partial charge in [0.1, 0.15) is 0 Å². The highest BCUT2D eigenvalue weighted by Gasteiger charge is 2.27. The van der Waals surface area contributed by atoms with Crippen LogP contribution in [0.15, 0.2) is 23.4 Å². The smallest absolute Gasteiger partial charge is 0.0729 e. The normalized spacial score (nSPS) is 20.3. The van der Waals surface area contributed by atoms with Gasteiger partial charge in [-0.15, -0.1) is 0 Å². The predicted molar refractivity (Wildman–Crippen MR) is 87.3 cm³/mol. The summed E-state index contributed by atoms with van der Waals surface area (Å²) in [5.41, 5.74) is 4.86. The Hall–Kier alpha value is -0.823. The molecule has 3 rings (SSSR count). The summed E-state index contributed by atoms with van der Waals surface area (Å²) in [7, 11) is -1.13. The van der Waals surface area contributed by atoms with E-state index in [9.17, 15) is 0 Å². The Morgan fingerprint density at radius 1 is 1.00 bits per heavy atom. The second-order valence-electron chi connectivity index (χ2n) is 7.35. The molecule has 0 atom stereocenters. The summed E-state index contributed by atoms with van der Waals surface area (Å²) >= 11 is 0. The fraction of sp³-hybridized carbons (Fsp3) is 0.556. The molecule has 1 aromatic carbocycles. The van der Waals surface area contributed by atoms with E-state index in [1.165, 1.54) is 38.5 Å². The molecule has 2 aliphatic rings. The molecule has 102 valence electrons. The Labute approximate surface area is 118 Å². The molecule has 0 spiro atoms. The van der Waals surface area contributed by atoms with Crippen molar-refractivity contribution >= 4 is 14.1 Å². The molecular weight excluding hydrogens is 244 g/mol. The van der Waals surface area contributed by atoms with Crippen molar-refractivity contribution in [3.05, 3.63) is 40.1 Å². The van der Waals surface area contributed by atoms with Crippen LogP contribution in [0.1, 0.15) is 54.7 Å². The summed E-state index contributed by atoms with van der Waals surface area (Å²) < 4.78 is 0. The van der Waals surface area contributed by atoms with E-state index in [4.69, 9.17) is 0 Å². The Bertz CT molecular complexity index is 499. The molecule has 1 heteroatoms. The number of rotatable bonds is 2. The predicted octanol–water partition coefficient (Wildman–Crippen LogP) is 5.55. The molecule has 0 radical (unpaired) electrons. The summed E-state index contributed by atoms with van der Waals surface area (Å²) in [6.45, 7) is 7.43. The van der Waals surface area contributed by atoms with E-state index >= 15 is 0 Å². The van der Waals surface area contributed by atoms with Gasteiger partial charge in [0, 0.05) is 0 Å². The highest BCUT2D eigenvalue weighted by atomic mass is 28.3. The largest absolute Gasteiger partial charge is 0.0761 e. The fourth-order valence-electron chi connectivity index (χ4n) is 3.64. The van der Waals surface area contributed by atoms with Gasteiger partial charge >= 0.3 is 0 Å². The lowest BCUT2D eigenvalue weighted by molar-refractivity contribution is 0.443. The van der Waals surface area contributed by atoms with Gasteiger partial charge in [-0.05, 0) is 41.9 Å². The van der Waals surface area contributed by atoms with Crippen molar-refractivity contribution in [2.75, 3.05) is 0 Å². The van der Waals surface area contributed by atoms with Crippen LogP contribution in [0.3, 0.4) is 0 Å². The number of benzene rings is 1. The van der Waals surface area contributed by atoms with E-state index in [2.05, 4.69) is 43.9 Å². The summed E-state index contributed by atoms with van der Waals surface area (Å²) in [4.78, 5) is 0. The van der Waals surface area contributed by atoms with Crippen molar-refractivity contribution in [3.8, 4) is 0 Å². The minimum absolute atomic E-state index is 0.834. The van der Waals surface area contributed by atoms with Crippen molar-refractivity contribution < 1.29 is 0 Å². The molecule has 19 heavy (non-hydrogen) atoms. The van der Waals surface area contributed by atoms with Crippen LogP contribution in [-0.2, 0) is 6.42 Å². The Kier molecular flexibility index (Phi) is 3.42. The number of hydrogen-bond donors (Lipinski definition) is 0. The van der Waals surface area contributed by atoms with Crippen molar-refractivity contribution in [1.29, 1.82) is 0 Å². The van der Waals surface area contributed by atoms with Crippen molar-refractivity contribution in [3.63, 3.8) is 0 Å². The zero-order chi connectivity index (χ0) is 13.5. The maximum Gasteiger partial charge on any atom is 0.0729 e. The Morgan fingerprint density at radius 2 is 1.74 bits per heavy atom. The van der Waals surface area contributed by atoms with Gasteiger partial charge in [0.2, 0.25) is 0 Å². The molecule has 0 heterocycles. The minimum atomic E-state index is -1.13. The molecule has 1 aromatic rings. The van der Waals surface area contributed by atoms with Crippen LogP contribution >= 0.6 is 0 Å². The molecule has 0 aliphatic heterocycles. The molecular formula is C18H26Si. The van der Waals surface area contributed by atoms with E-state index < -0.39 is 8.07 Å². The third-order valence-corrected chi connectivity index (χ3v) is 7.19. The molecule has 0 unspecified atom stereocenters. The molecule has 0 amide bonds. The monoisotopic (exact) mass is 270 g/mol. The average Bonchev–Trinajstić information content (AvgIpc) is 2.83. The fourth-order valence-corrected chi connectivity index (χ4v) is 4.94. The van der Waals surface area contributed by atoms with Crippen LogP contribution < -0.4 is 0 Å². The first-order valence-corrected chi connectivity index (χ1v) is 11.4. The molecule has 1 fully saturated rings. The van der Waals surface area contributed by atoms with Gasteiger partial charge in [0.05, 0.1) is 8.07 Å². The van der Waals surface area contributed by atoms with E-state index in [0.717, 1.165) is 5.92 Å². The third kappa shape index (κ3) is 2.58. The van der Waals surface area contributed by atoms with Crippen molar-refractivity contribution in [2.24, 2.45) is 0 Å². The molecule has 0 aromatic heterocycles. The molecule has 1 saturated carbocycles. The lowest BCUT2D eigenvalue weighted by Crippen LogP contribution is -2.23. The lowest BCUT2D eigenvalue weighted by Gasteiger charge is -2.24. The number of fused-ring (bicyclic) bond motifs is 1. The van der Waals surface area contributed by atoms with Crippen LogP contribution in [-0.4, -0.2) is 8.07 Å². The van der Waals surface area contributed by atoms with Crippen molar-refractivity contribution in [2.45, 2.75) is 64.1 Å². The van der Waals surface area contributed by atoms with Gasteiger partial charge in [-0.1, -0.05) is 68.4 Å². The highest BCUT2D eigenvalue weighted by Crippen LogP contribution is 2.40. The van der Waals surface area contributed by atoms with E-state index in [1.54, 1.807) is 21.9 Å². The van der Waals surface area contributed by atoms with Gasteiger partial charge in [-0.3, -0.25) is 0 Å². The summed E-state index contributed by atoms with van der Waals surface area (Å²) in [5.74, 6) is 0.834. The molecule has 0 N–H and O–H groups in total. The first-order chi connectivity index (χ1) is 9.05. The van der Waals surface area contributed by atoms with Gasteiger partial charge in [0.25, 0.3) is 0 Å². The summed E-state index contributed by atoms with van der Waals surface area (Å²) in [6.07, 6.45) is 10.9. The topological polar surface area (TPSA) is 0 Å². The Balaban J connectivity index is 1.96. The van der Waals surface area contributed by atoms with Gasteiger partial charge in [0.15, 0.2) is 0 Å². The van der Waals surface area contributed by atoms with Crippen LogP contribution in [0, 0.1) is 0 Å². The SMILES string of the molecule is C[Si](C)(C)C1=Cc2c(cccc2C2CCCCC2)C1. The van der Waals surface area contributed by atoms with Crippen LogP contribution in [0.25, 0.3) is 6.08 Å². The molecule has 0 bridgehead atoms. The van der Waals surface area contributed by atoms with E-state index in [1.807, 2.05) is 0 Å². The van der Waals surface area contributed by atoms with Crippen LogP contribution in [0.4, 0.5) is 0 Å². The minimum Gasteiger partial charge on any atom is -0.0761 e. The Morgan fingerprint density at radius 3 is 2.42 bits per heavy atom.